The quantitative estimate of drug-likeness (QED) is 0.588. The fourth-order valence-corrected chi connectivity index (χ4v) is 3.14. The smallest absolute Gasteiger partial charge is 0.0122 e. The molecule has 0 aromatic heterocycles. The summed E-state index contributed by atoms with van der Waals surface area (Å²) in [4.78, 5) is 2.63. The third-order valence-corrected chi connectivity index (χ3v) is 5.23. The average Bonchev–Trinajstić information content (AvgIpc) is 2.50. The molecule has 2 rings (SSSR count). The van der Waals surface area contributed by atoms with E-state index in [1.165, 1.54) is 40.2 Å². The summed E-state index contributed by atoms with van der Waals surface area (Å²) in [5.41, 5.74) is 3.12. The van der Waals surface area contributed by atoms with Crippen LogP contribution in [-0.4, -0.2) is 0 Å². The van der Waals surface area contributed by atoms with Gasteiger partial charge in [0.25, 0.3) is 0 Å². The Morgan fingerprint density at radius 2 is 1.33 bits per heavy atom. The Labute approximate surface area is 134 Å². The van der Waals surface area contributed by atoms with Crippen molar-refractivity contribution in [2.75, 3.05) is 0 Å². The molecule has 1 heteroatoms. The summed E-state index contributed by atoms with van der Waals surface area (Å²) in [5, 5.41) is 0. The third-order valence-electron chi connectivity index (χ3n) is 4.22. The van der Waals surface area contributed by atoms with Gasteiger partial charge in [0, 0.05) is 9.79 Å². The number of aryl methyl sites for hydroxylation is 1. The van der Waals surface area contributed by atoms with Crippen LogP contribution in [0, 0.1) is 0 Å². The van der Waals surface area contributed by atoms with Gasteiger partial charge in [-0.25, -0.2) is 0 Å². The molecule has 0 unspecified atom stereocenters. The predicted octanol–water partition coefficient (Wildman–Crippen LogP) is 6.48. The van der Waals surface area contributed by atoms with Crippen molar-refractivity contribution in [2.45, 2.75) is 62.2 Å². The van der Waals surface area contributed by atoms with Gasteiger partial charge in [0.15, 0.2) is 0 Å². The lowest BCUT2D eigenvalue weighted by atomic mass is 9.82. The molecule has 0 fully saturated rings. The third kappa shape index (κ3) is 4.38. The van der Waals surface area contributed by atoms with Crippen LogP contribution >= 0.6 is 11.8 Å². The zero-order valence-corrected chi connectivity index (χ0v) is 14.5. The van der Waals surface area contributed by atoms with Crippen LogP contribution in [0.3, 0.4) is 0 Å². The van der Waals surface area contributed by atoms with Gasteiger partial charge in [-0.05, 0) is 53.6 Å². The molecule has 0 amide bonds. The largest absolute Gasteiger partial charge is 0.0901 e. The van der Waals surface area contributed by atoms with Crippen molar-refractivity contribution in [3.8, 4) is 0 Å². The molecule has 2 aromatic rings. The summed E-state index contributed by atoms with van der Waals surface area (Å²) in [6.07, 6.45) is 3.55. The first-order valence-corrected chi connectivity index (χ1v) is 8.74. The molecule has 0 spiro atoms. The lowest BCUT2D eigenvalue weighted by Gasteiger charge is -2.23. The Hall–Kier alpha value is -1.21. The van der Waals surface area contributed by atoms with E-state index in [1.54, 1.807) is 0 Å². The van der Waals surface area contributed by atoms with Gasteiger partial charge in [0.1, 0.15) is 0 Å². The second-order valence-corrected chi connectivity index (χ2v) is 7.40. The SMILES string of the molecule is CCCc1ccc(Sc2ccc(C(C)(C)CC)cc2)cc1. The van der Waals surface area contributed by atoms with Crippen LogP contribution in [0.4, 0.5) is 0 Å². The molecular formula is C20H26S. The van der Waals surface area contributed by atoms with Crippen LogP contribution in [0.2, 0.25) is 0 Å². The maximum Gasteiger partial charge on any atom is 0.0122 e. The van der Waals surface area contributed by atoms with E-state index >= 15 is 0 Å². The molecular weight excluding hydrogens is 272 g/mol. The predicted molar refractivity (Wildman–Crippen MR) is 94.3 cm³/mol. The highest BCUT2D eigenvalue weighted by atomic mass is 32.2. The minimum absolute atomic E-state index is 0.269. The molecule has 0 aliphatic carbocycles. The first-order valence-electron chi connectivity index (χ1n) is 7.92. The van der Waals surface area contributed by atoms with Crippen LogP contribution in [0.15, 0.2) is 58.3 Å². The summed E-state index contributed by atoms with van der Waals surface area (Å²) in [5.74, 6) is 0. The van der Waals surface area contributed by atoms with Crippen LogP contribution < -0.4 is 0 Å². The molecule has 0 aliphatic heterocycles. The van der Waals surface area contributed by atoms with Crippen molar-refractivity contribution in [1.29, 1.82) is 0 Å². The topological polar surface area (TPSA) is 0 Å². The normalized spacial score (nSPS) is 11.6. The minimum atomic E-state index is 0.269. The van der Waals surface area contributed by atoms with Crippen LogP contribution in [-0.2, 0) is 11.8 Å². The lowest BCUT2D eigenvalue weighted by molar-refractivity contribution is 0.506. The Balaban J connectivity index is 2.06. The molecule has 0 heterocycles. The molecule has 112 valence electrons. The fraction of sp³-hybridized carbons (Fsp3) is 0.400. The van der Waals surface area contributed by atoms with Gasteiger partial charge in [0.05, 0.1) is 0 Å². The van der Waals surface area contributed by atoms with E-state index in [9.17, 15) is 0 Å². The van der Waals surface area contributed by atoms with Crippen LogP contribution in [0.5, 0.6) is 0 Å². The fourth-order valence-electron chi connectivity index (χ4n) is 2.33. The van der Waals surface area contributed by atoms with E-state index < -0.39 is 0 Å². The minimum Gasteiger partial charge on any atom is -0.0901 e. The van der Waals surface area contributed by atoms with Gasteiger partial charge < -0.3 is 0 Å². The second kappa shape index (κ2) is 7.17. The van der Waals surface area contributed by atoms with Crippen LogP contribution in [0.25, 0.3) is 0 Å². The summed E-state index contributed by atoms with van der Waals surface area (Å²) < 4.78 is 0. The molecule has 0 atom stereocenters. The summed E-state index contributed by atoms with van der Waals surface area (Å²) in [6, 6.07) is 18.0. The summed E-state index contributed by atoms with van der Waals surface area (Å²) in [6.45, 7) is 9.09. The molecule has 0 nitrogen and oxygen atoms in total. The van der Waals surface area contributed by atoms with Gasteiger partial charge in [-0.3, -0.25) is 0 Å². The van der Waals surface area contributed by atoms with Gasteiger partial charge in [-0.2, -0.15) is 0 Å². The highest BCUT2D eigenvalue weighted by molar-refractivity contribution is 7.99. The molecule has 0 saturated carbocycles. The average molecular weight is 298 g/mol. The van der Waals surface area contributed by atoms with E-state index in [0.717, 1.165) is 0 Å². The van der Waals surface area contributed by atoms with Crippen molar-refractivity contribution in [3.05, 3.63) is 59.7 Å². The molecule has 2 aromatic carbocycles. The van der Waals surface area contributed by atoms with Crippen LogP contribution in [0.1, 0.15) is 51.7 Å². The Bertz CT molecular complexity index is 549. The molecule has 0 radical (unpaired) electrons. The van der Waals surface area contributed by atoms with Crippen molar-refractivity contribution in [1.82, 2.24) is 0 Å². The number of hydrogen-bond acceptors (Lipinski definition) is 1. The van der Waals surface area contributed by atoms with Crippen molar-refractivity contribution in [3.63, 3.8) is 0 Å². The van der Waals surface area contributed by atoms with E-state index in [1.807, 2.05) is 11.8 Å². The summed E-state index contributed by atoms with van der Waals surface area (Å²) in [7, 11) is 0. The zero-order valence-electron chi connectivity index (χ0n) is 13.6. The highest BCUT2D eigenvalue weighted by Gasteiger charge is 2.17. The maximum atomic E-state index is 2.31. The van der Waals surface area contributed by atoms with Crippen molar-refractivity contribution < 1.29 is 0 Å². The molecule has 0 N–H and O–H groups in total. The van der Waals surface area contributed by atoms with Crippen molar-refractivity contribution in [2.24, 2.45) is 0 Å². The van der Waals surface area contributed by atoms with Gasteiger partial charge >= 0.3 is 0 Å². The first kappa shape index (κ1) is 16.2. The number of hydrogen-bond donors (Lipinski definition) is 0. The molecule has 21 heavy (non-hydrogen) atoms. The lowest BCUT2D eigenvalue weighted by Crippen LogP contribution is -2.14. The van der Waals surface area contributed by atoms with Gasteiger partial charge in [-0.1, -0.05) is 70.1 Å². The Kier molecular flexibility index (Phi) is 5.52. The number of rotatable bonds is 6. The second-order valence-electron chi connectivity index (χ2n) is 6.26. The summed E-state index contributed by atoms with van der Waals surface area (Å²) >= 11 is 1.84. The zero-order chi connectivity index (χ0) is 15.3. The van der Waals surface area contributed by atoms with E-state index in [-0.39, 0.29) is 5.41 Å². The Morgan fingerprint density at radius 3 is 1.81 bits per heavy atom. The standard InChI is InChI=1S/C20H26S/c1-5-7-16-8-12-18(13-9-16)21-19-14-10-17(11-15-19)20(3,4)6-2/h8-15H,5-7H2,1-4H3. The Morgan fingerprint density at radius 1 is 0.810 bits per heavy atom. The maximum absolute atomic E-state index is 2.31. The number of benzene rings is 2. The molecule has 0 aliphatic rings. The highest BCUT2D eigenvalue weighted by Crippen LogP contribution is 2.31. The molecule has 0 bridgehead atoms. The van der Waals surface area contributed by atoms with Gasteiger partial charge in [0.2, 0.25) is 0 Å². The monoisotopic (exact) mass is 298 g/mol. The van der Waals surface area contributed by atoms with E-state index in [0.29, 0.717) is 0 Å². The molecule has 0 saturated heterocycles. The van der Waals surface area contributed by atoms with E-state index in [2.05, 4.69) is 76.2 Å². The first-order chi connectivity index (χ1) is 10.0. The van der Waals surface area contributed by atoms with E-state index in [4.69, 9.17) is 0 Å². The van der Waals surface area contributed by atoms with Gasteiger partial charge in [-0.15, -0.1) is 0 Å². The van der Waals surface area contributed by atoms with Crippen molar-refractivity contribution >= 4 is 11.8 Å².